The lowest BCUT2D eigenvalue weighted by Gasteiger charge is -2.14. The molecular weight excluding hydrogens is 360 g/mol. The van der Waals surface area contributed by atoms with Crippen molar-refractivity contribution >= 4 is 21.6 Å². The van der Waals surface area contributed by atoms with Gasteiger partial charge in [-0.15, -0.1) is 0 Å². The Morgan fingerprint density at radius 2 is 1.52 bits per heavy atom. The molecule has 0 bridgehead atoms. The van der Waals surface area contributed by atoms with Crippen LogP contribution in [-0.2, 0) is 34.1 Å². The third kappa shape index (κ3) is 5.17. The zero-order chi connectivity index (χ0) is 20.0. The van der Waals surface area contributed by atoms with Crippen molar-refractivity contribution in [2.24, 2.45) is 0 Å². The van der Waals surface area contributed by atoms with Crippen molar-refractivity contribution in [1.82, 2.24) is 4.31 Å². The largest absolute Gasteiger partial charge is 0.326 e. The molecule has 0 spiro atoms. The maximum absolute atomic E-state index is 12.4. The number of para-hydroxylation sites is 1. The van der Waals surface area contributed by atoms with E-state index in [0.717, 1.165) is 35.2 Å². The Bertz CT molecular complexity index is 866. The van der Waals surface area contributed by atoms with E-state index in [-0.39, 0.29) is 10.8 Å². The second kappa shape index (κ2) is 9.15. The molecule has 0 aliphatic carbocycles. The van der Waals surface area contributed by atoms with Gasteiger partial charge in [-0.25, -0.2) is 12.7 Å². The number of nitrogens with one attached hydrogen (secondary N) is 1. The highest BCUT2D eigenvalue weighted by Crippen LogP contribution is 2.23. The van der Waals surface area contributed by atoms with Crippen LogP contribution in [0.2, 0.25) is 0 Å². The lowest BCUT2D eigenvalue weighted by atomic mass is 10.0. The van der Waals surface area contributed by atoms with Crippen LogP contribution in [0.1, 0.15) is 37.0 Å². The Labute approximate surface area is 162 Å². The molecule has 27 heavy (non-hydrogen) atoms. The van der Waals surface area contributed by atoms with Crippen molar-refractivity contribution in [1.29, 1.82) is 0 Å². The van der Waals surface area contributed by atoms with Crippen LogP contribution < -0.4 is 5.32 Å². The van der Waals surface area contributed by atoms with E-state index in [1.165, 1.54) is 18.4 Å². The summed E-state index contributed by atoms with van der Waals surface area (Å²) in [5.41, 5.74) is 4.14. The Morgan fingerprint density at radius 1 is 0.963 bits per heavy atom. The Morgan fingerprint density at radius 3 is 2.00 bits per heavy atom. The lowest BCUT2D eigenvalue weighted by molar-refractivity contribution is -0.116. The van der Waals surface area contributed by atoms with Crippen molar-refractivity contribution in [3.05, 3.63) is 59.2 Å². The van der Waals surface area contributed by atoms with Gasteiger partial charge in [-0.3, -0.25) is 4.79 Å². The van der Waals surface area contributed by atoms with Gasteiger partial charge in [0.05, 0.1) is 4.90 Å². The van der Waals surface area contributed by atoms with Crippen LogP contribution in [0.5, 0.6) is 0 Å². The van der Waals surface area contributed by atoms with E-state index in [1.54, 1.807) is 24.3 Å². The highest BCUT2D eigenvalue weighted by Gasteiger charge is 2.16. The highest BCUT2D eigenvalue weighted by molar-refractivity contribution is 7.89. The first kappa shape index (κ1) is 21.1. The van der Waals surface area contributed by atoms with Gasteiger partial charge in [0.15, 0.2) is 0 Å². The molecule has 6 heteroatoms. The quantitative estimate of drug-likeness (QED) is 0.751. The molecule has 0 saturated carbocycles. The Balaban J connectivity index is 2.03. The number of anilines is 1. The zero-order valence-corrected chi connectivity index (χ0v) is 17.3. The first-order valence-electron chi connectivity index (χ1n) is 9.21. The molecule has 1 N–H and O–H groups in total. The Hall–Kier alpha value is -2.18. The molecular formula is C21H28N2O3S. The number of hydrogen-bond donors (Lipinski definition) is 1. The lowest BCUT2D eigenvalue weighted by Crippen LogP contribution is -2.22. The SMILES string of the molecule is CCc1cccc(CC)c1NC(=O)CCc1ccc(S(=O)(=O)N(C)C)cc1. The summed E-state index contributed by atoms with van der Waals surface area (Å²) in [5, 5.41) is 3.06. The van der Waals surface area contributed by atoms with E-state index in [2.05, 4.69) is 19.2 Å². The number of sulfonamides is 1. The van der Waals surface area contributed by atoms with E-state index in [1.807, 2.05) is 18.2 Å². The molecule has 2 rings (SSSR count). The second-order valence-electron chi connectivity index (χ2n) is 6.64. The van der Waals surface area contributed by atoms with E-state index in [0.29, 0.717) is 12.8 Å². The maximum Gasteiger partial charge on any atom is 0.242 e. The third-order valence-corrected chi connectivity index (χ3v) is 6.44. The van der Waals surface area contributed by atoms with Gasteiger partial charge in [0.1, 0.15) is 0 Å². The third-order valence-electron chi connectivity index (χ3n) is 4.61. The van der Waals surface area contributed by atoms with E-state index in [4.69, 9.17) is 0 Å². The average molecular weight is 389 g/mol. The topological polar surface area (TPSA) is 66.5 Å². The van der Waals surface area contributed by atoms with E-state index in [9.17, 15) is 13.2 Å². The summed E-state index contributed by atoms with van der Waals surface area (Å²) in [6, 6.07) is 12.8. The summed E-state index contributed by atoms with van der Waals surface area (Å²) >= 11 is 0. The fraction of sp³-hybridized carbons (Fsp3) is 0.381. The van der Waals surface area contributed by atoms with Gasteiger partial charge in [-0.2, -0.15) is 0 Å². The molecule has 0 atom stereocenters. The van der Waals surface area contributed by atoms with Gasteiger partial charge in [0.25, 0.3) is 0 Å². The number of carbonyl (C=O) groups is 1. The highest BCUT2D eigenvalue weighted by atomic mass is 32.2. The number of aryl methyl sites for hydroxylation is 3. The second-order valence-corrected chi connectivity index (χ2v) is 8.79. The van der Waals surface area contributed by atoms with Crippen LogP contribution in [-0.4, -0.2) is 32.7 Å². The van der Waals surface area contributed by atoms with Crippen molar-refractivity contribution in [2.45, 2.75) is 44.4 Å². The molecule has 0 aromatic heterocycles. The fourth-order valence-electron chi connectivity index (χ4n) is 2.90. The van der Waals surface area contributed by atoms with Gasteiger partial charge < -0.3 is 5.32 Å². The van der Waals surface area contributed by atoms with Gasteiger partial charge in [0, 0.05) is 26.2 Å². The molecule has 146 valence electrons. The van der Waals surface area contributed by atoms with Crippen LogP contribution in [0.15, 0.2) is 47.4 Å². The van der Waals surface area contributed by atoms with E-state index < -0.39 is 10.0 Å². The van der Waals surface area contributed by atoms with Gasteiger partial charge in [0.2, 0.25) is 15.9 Å². The summed E-state index contributed by atoms with van der Waals surface area (Å²) in [4.78, 5) is 12.7. The number of nitrogens with zero attached hydrogens (tertiary/aromatic N) is 1. The summed E-state index contributed by atoms with van der Waals surface area (Å²) < 4.78 is 25.4. The predicted molar refractivity (Wildman–Crippen MR) is 109 cm³/mol. The molecule has 0 saturated heterocycles. The zero-order valence-electron chi connectivity index (χ0n) is 16.5. The average Bonchev–Trinajstić information content (AvgIpc) is 2.66. The number of hydrogen-bond acceptors (Lipinski definition) is 3. The molecule has 0 radical (unpaired) electrons. The minimum absolute atomic E-state index is 0.0319. The molecule has 0 aliphatic heterocycles. The normalized spacial score (nSPS) is 11.6. The molecule has 1 amide bonds. The van der Waals surface area contributed by atoms with Gasteiger partial charge in [-0.05, 0) is 48.1 Å². The number of rotatable bonds is 8. The van der Waals surface area contributed by atoms with Crippen molar-refractivity contribution < 1.29 is 13.2 Å². The predicted octanol–water partition coefficient (Wildman–Crippen LogP) is 3.63. The van der Waals surface area contributed by atoms with Gasteiger partial charge in [-0.1, -0.05) is 44.2 Å². The summed E-state index contributed by atoms with van der Waals surface area (Å²) in [6.07, 6.45) is 2.64. The molecule has 0 heterocycles. The maximum atomic E-state index is 12.4. The van der Waals surface area contributed by atoms with Crippen LogP contribution in [0.4, 0.5) is 5.69 Å². The molecule has 5 nitrogen and oxygen atoms in total. The van der Waals surface area contributed by atoms with Crippen molar-refractivity contribution in [3.63, 3.8) is 0 Å². The number of benzene rings is 2. The standard InChI is InChI=1S/C21H28N2O3S/c1-5-17-8-7-9-18(6-2)21(17)22-20(24)15-12-16-10-13-19(14-11-16)27(25,26)23(3)4/h7-11,13-14H,5-6,12,15H2,1-4H3,(H,22,24). The molecule has 0 aliphatic rings. The van der Waals surface area contributed by atoms with Crippen LogP contribution in [0, 0.1) is 0 Å². The first-order valence-corrected chi connectivity index (χ1v) is 10.7. The molecule has 2 aromatic rings. The monoisotopic (exact) mass is 388 g/mol. The summed E-state index contributed by atoms with van der Waals surface area (Å²) in [7, 11) is -0.415. The van der Waals surface area contributed by atoms with E-state index >= 15 is 0 Å². The van der Waals surface area contributed by atoms with Crippen molar-refractivity contribution in [2.75, 3.05) is 19.4 Å². The Kier molecular flexibility index (Phi) is 7.16. The molecule has 0 fully saturated rings. The summed E-state index contributed by atoms with van der Waals surface area (Å²) in [5.74, 6) is -0.0319. The number of carbonyl (C=O) groups excluding carboxylic acids is 1. The number of amides is 1. The fourth-order valence-corrected chi connectivity index (χ4v) is 3.80. The summed E-state index contributed by atoms with van der Waals surface area (Å²) in [6.45, 7) is 4.15. The minimum Gasteiger partial charge on any atom is -0.326 e. The molecule has 0 unspecified atom stereocenters. The van der Waals surface area contributed by atoms with Crippen LogP contribution in [0.25, 0.3) is 0 Å². The molecule has 2 aromatic carbocycles. The minimum atomic E-state index is -3.43. The van der Waals surface area contributed by atoms with Crippen molar-refractivity contribution in [3.8, 4) is 0 Å². The smallest absolute Gasteiger partial charge is 0.242 e. The van der Waals surface area contributed by atoms with Gasteiger partial charge >= 0.3 is 0 Å². The first-order chi connectivity index (χ1) is 12.8. The van der Waals surface area contributed by atoms with Crippen LogP contribution >= 0.6 is 0 Å². The van der Waals surface area contributed by atoms with Crippen LogP contribution in [0.3, 0.4) is 0 Å².